The molecule has 0 fully saturated rings. The third kappa shape index (κ3) is 3.91. The van der Waals surface area contributed by atoms with Gasteiger partial charge in [0.2, 0.25) is 5.91 Å². The molecule has 1 aromatic heterocycles. The van der Waals surface area contributed by atoms with Crippen LogP contribution in [-0.2, 0) is 4.79 Å². The normalized spacial score (nSPS) is 10.8. The number of amides is 1. The number of aromatic amines is 1. The highest BCUT2D eigenvalue weighted by molar-refractivity contribution is 9.10. The Morgan fingerprint density at radius 2 is 1.86 bits per heavy atom. The number of fused-ring (bicyclic) bond motifs is 1. The first-order valence-corrected chi connectivity index (χ1v) is 9.01. The molecule has 0 radical (unpaired) electrons. The second-order valence-corrected chi connectivity index (χ2v) is 7.34. The molecule has 0 aliphatic carbocycles. The lowest BCUT2D eigenvalue weighted by molar-refractivity contribution is -0.113. The van der Waals surface area contributed by atoms with Crippen molar-refractivity contribution in [2.45, 2.75) is 5.16 Å². The largest absolute Gasteiger partial charge is 0.333 e. The van der Waals surface area contributed by atoms with Crippen molar-refractivity contribution in [2.75, 3.05) is 11.1 Å². The van der Waals surface area contributed by atoms with Crippen molar-refractivity contribution >= 4 is 66.2 Å². The minimum Gasteiger partial charge on any atom is -0.333 e. The van der Waals surface area contributed by atoms with E-state index in [0.29, 0.717) is 5.75 Å². The number of H-pyrrole nitrogens is 1. The summed E-state index contributed by atoms with van der Waals surface area (Å²) in [6.07, 6.45) is 0. The number of halogens is 2. The lowest BCUT2D eigenvalue weighted by Crippen LogP contribution is -2.13. The third-order valence-electron chi connectivity index (χ3n) is 2.89. The number of imidazole rings is 1. The first kappa shape index (κ1) is 15.6. The van der Waals surface area contributed by atoms with Gasteiger partial charge < -0.3 is 10.3 Å². The van der Waals surface area contributed by atoms with Crippen LogP contribution in [0.15, 0.2) is 56.6 Å². The molecule has 3 aromatic rings. The maximum atomic E-state index is 11.9. The molecule has 22 heavy (non-hydrogen) atoms. The molecule has 0 aliphatic rings. The molecule has 112 valence electrons. The van der Waals surface area contributed by atoms with Gasteiger partial charge in [-0.3, -0.25) is 4.79 Å². The molecule has 2 N–H and O–H groups in total. The predicted molar refractivity (Wildman–Crippen MR) is 97.3 cm³/mol. The minimum absolute atomic E-state index is 0.0611. The van der Waals surface area contributed by atoms with E-state index in [1.54, 1.807) is 0 Å². The lowest BCUT2D eigenvalue weighted by atomic mass is 10.3. The van der Waals surface area contributed by atoms with Crippen molar-refractivity contribution in [1.82, 2.24) is 9.97 Å². The van der Waals surface area contributed by atoms with Gasteiger partial charge in [0.05, 0.1) is 16.8 Å². The van der Waals surface area contributed by atoms with Gasteiger partial charge in [-0.1, -0.05) is 43.6 Å². The Balaban J connectivity index is 1.61. The average Bonchev–Trinajstić information content (AvgIpc) is 2.89. The summed E-state index contributed by atoms with van der Waals surface area (Å²) in [6, 6.07) is 13.3. The average molecular weight is 441 g/mol. The monoisotopic (exact) mass is 439 g/mol. The summed E-state index contributed by atoms with van der Waals surface area (Å²) in [5.74, 6) is 0.241. The number of aromatic nitrogens is 2. The summed E-state index contributed by atoms with van der Waals surface area (Å²) in [5.41, 5.74) is 2.62. The minimum atomic E-state index is -0.0611. The zero-order valence-electron chi connectivity index (χ0n) is 11.3. The van der Waals surface area contributed by atoms with Gasteiger partial charge in [0, 0.05) is 14.6 Å². The SMILES string of the molecule is O=C(CSc1nc2ccc(Br)cc2[nH]1)Nc1ccc(Br)cc1. The van der Waals surface area contributed by atoms with Gasteiger partial charge in [-0.15, -0.1) is 0 Å². The van der Waals surface area contributed by atoms with Crippen molar-refractivity contribution < 1.29 is 4.79 Å². The fraction of sp³-hybridized carbons (Fsp3) is 0.0667. The molecule has 0 spiro atoms. The van der Waals surface area contributed by atoms with Crippen LogP contribution in [0.2, 0.25) is 0 Å². The Morgan fingerprint density at radius 3 is 2.64 bits per heavy atom. The van der Waals surface area contributed by atoms with E-state index in [1.165, 1.54) is 11.8 Å². The maximum absolute atomic E-state index is 11.9. The number of hydrogen-bond acceptors (Lipinski definition) is 3. The van der Waals surface area contributed by atoms with Crippen LogP contribution < -0.4 is 5.32 Å². The van der Waals surface area contributed by atoms with E-state index in [0.717, 1.165) is 30.8 Å². The van der Waals surface area contributed by atoms with Crippen LogP contribution in [-0.4, -0.2) is 21.6 Å². The van der Waals surface area contributed by atoms with Gasteiger partial charge in [-0.2, -0.15) is 0 Å². The number of rotatable bonds is 4. The van der Waals surface area contributed by atoms with Crippen molar-refractivity contribution in [3.63, 3.8) is 0 Å². The molecule has 0 bridgehead atoms. The van der Waals surface area contributed by atoms with Crippen LogP contribution in [0.4, 0.5) is 5.69 Å². The van der Waals surface area contributed by atoms with E-state index in [4.69, 9.17) is 0 Å². The molecule has 0 saturated carbocycles. The Labute approximate surface area is 148 Å². The van der Waals surface area contributed by atoms with Crippen molar-refractivity contribution in [3.8, 4) is 0 Å². The van der Waals surface area contributed by atoms with Gasteiger partial charge >= 0.3 is 0 Å². The number of benzene rings is 2. The van der Waals surface area contributed by atoms with E-state index in [2.05, 4.69) is 47.1 Å². The van der Waals surface area contributed by atoms with E-state index in [-0.39, 0.29) is 5.91 Å². The smallest absolute Gasteiger partial charge is 0.234 e. The van der Waals surface area contributed by atoms with Crippen LogP contribution in [0.3, 0.4) is 0 Å². The summed E-state index contributed by atoms with van der Waals surface area (Å²) in [5, 5.41) is 3.59. The van der Waals surface area contributed by atoms with Crippen molar-refractivity contribution in [3.05, 3.63) is 51.4 Å². The second kappa shape index (κ2) is 6.85. The first-order valence-electron chi connectivity index (χ1n) is 6.44. The quantitative estimate of drug-likeness (QED) is 0.572. The molecular formula is C15H11Br2N3OS. The molecule has 0 atom stereocenters. The van der Waals surface area contributed by atoms with Crippen LogP contribution in [0.1, 0.15) is 0 Å². The number of thioether (sulfide) groups is 1. The summed E-state index contributed by atoms with van der Waals surface area (Å²) in [6.45, 7) is 0. The summed E-state index contributed by atoms with van der Waals surface area (Å²) < 4.78 is 1.97. The molecular weight excluding hydrogens is 430 g/mol. The van der Waals surface area contributed by atoms with E-state index in [1.807, 2.05) is 42.5 Å². The van der Waals surface area contributed by atoms with Crippen molar-refractivity contribution in [2.24, 2.45) is 0 Å². The summed E-state index contributed by atoms with van der Waals surface area (Å²) >= 11 is 8.17. The van der Waals surface area contributed by atoms with Gasteiger partial charge in [0.15, 0.2) is 5.16 Å². The van der Waals surface area contributed by atoms with Crippen LogP contribution in [0, 0.1) is 0 Å². The molecule has 0 aliphatic heterocycles. The highest BCUT2D eigenvalue weighted by Crippen LogP contribution is 2.22. The number of carbonyl (C=O) groups excluding carboxylic acids is 1. The van der Waals surface area contributed by atoms with Gasteiger partial charge in [-0.05, 0) is 42.5 Å². The molecule has 3 rings (SSSR count). The maximum Gasteiger partial charge on any atom is 0.234 e. The number of nitrogens with one attached hydrogen (secondary N) is 2. The topological polar surface area (TPSA) is 57.8 Å². The molecule has 0 saturated heterocycles. The molecule has 0 unspecified atom stereocenters. The first-order chi connectivity index (χ1) is 10.6. The number of hydrogen-bond donors (Lipinski definition) is 2. The summed E-state index contributed by atoms with van der Waals surface area (Å²) in [7, 11) is 0. The van der Waals surface area contributed by atoms with Gasteiger partial charge in [0.25, 0.3) is 0 Å². The van der Waals surface area contributed by atoms with Crippen LogP contribution in [0.5, 0.6) is 0 Å². The number of carbonyl (C=O) groups is 1. The fourth-order valence-electron chi connectivity index (χ4n) is 1.89. The van der Waals surface area contributed by atoms with Gasteiger partial charge in [0.1, 0.15) is 0 Å². The summed E-state index contributed by atoms with van der Waals surface area (Å²) in [4.78, 5) is 19.6. The fourth-order valence-corrected chi connectivity index (χ4v) is 3.20. The lowest BCUT2D eigenvalue weighted by Gasteiger charge is -2.04. The molecule has 1 amide bonds. The predicted octanol–water partition coefficient (Wildman–Crippen LogP) is 4.82. The van der Waals surface area contributed by atoms with Crippen LogP contribution in [0.25, 0.3) is 11.0 Å². The van der Waals surface area contributed by atoms with E-state index in [9.17, 15) is 4.79 Å². The molecule has 7 heteroatoms. The van der Waals surface area contributed by atoms with E-state index >= 15 is 0 Å². The Kier molecular flexibility index (Phi) is 4.85. The Bertz CT molecular complexity index is 817. The Hall–Kier alpha value is -1.31. The Morgan fingerprint density at radius 1 is 1.14 bits per heavy atom. The highest BCUT2D eigenvalue weighted by Gasteiger charge is 2.08. The molecule has 1 heterocycles. The molecule has 2 aromatic carbocycles. The zero-order chi connectivity index (χ0) is 15.5. The van der Waals surface area contributed by atoms with E-state index < -0.39 is 0 Å². The van der Waals surface area contributed by atoms with Gasteiger partial charge in [-0.25, -0.2) is 4.98 Å². The third-order valence-corrected chi connectivity index (χ3v) is 4.79. The van der Waals surface area contributed by atoms with Crippen LogP contribution >= 0.6 is 43.6 Å². The number of anilines is 1. The highest BCUT2D eigenvalue weighted by atomic mass is 79.9. The zero-order valence-corrected chi connectivity index (χ0v) is 15.3. The van der Waals surface area contributed by atoms with Crippen molar-refractivity contribution in [1.29, 1.82) is 0 Å². The molecule has 4 nitrogen and oxygen atoms in total. The number of nitrogens with zero attached hydrogens (tertiary/aromatic N) is 1. The standard InChI is InChI=1S/C15H11Br2N3OS/c16-9-1-4-11(5-2-9)18-14(21)8-22-15-19-12-6-3-10(17)7-13(12)20-15/h1-7H,8H2,(H,18,21)(H,19,20). The second-order valence-electron chi connectivity index (χ2n) is 4.55.